The van der Waals surface area contributed by atoms with E-state index >= 15 is 0 Å². The second-order valence-corrected chi connectivity index (χ2v) is 5.43. The Balaban J connectivity index is 1.97. The van der Waals surface area contributed by atoms with Crippen LogP contribution in [-0.2, 0) is 0 Å². The topological polar surface area (TPSA) is 75.5 Å². The van der Waals surface area contributed by atoms with Crippen LogP contribution in [0.2, 0.25) is 0 Å². The summed E-state index contributed by atoms with van der Waals surface area (Å²) < 4.78 is 15.3. The third-order valence-corrected chi connectivity index (χ3v) is 3.62. The van der Waals surface area contributed by atoms with E-state index in [0.29, 0.717) is 12.1 Å². The molecule has 1 aromatic carbocycles. The number of amides is 2. The van der Waals surface area contributed by atoms with Crippen LogP contribution in [0.1, 0.15) is 34.5 Å². The number of hydrogen-bond acceptors (Lipinski definition) is 3. The maximum Gasteiger partial charge on any atom is 0.292 e. The molecule has 2 aromatic heterocycles. The van der Waals surface area contributed by atoms with E-state index in [0.717, 1.165) is 6.42 Å². The molecule has 3 rings (SSSR count). The largest absolute Gasteiger partial charge is 0.351 e. The first-order valence-electron chi connectivity index (χ1n) is 7.93. The van der Waals surface area contributed by atoms with E-state index in [9.17, 15) is 14.0 Å². The molecule has 2 N–H and O–H groups in total. The van der Waals surface area contributed by atoms with Gasteiger partial charge in [0, 0.05) is 12.7 Å². The van der Waals surface area contributed by atoms with E-state index in [1.807, 2.05) is 6.92 Å². The lowest BCUT2D eigenvalue weighted by atomic mass is 10.3. The number of anilines is 1. The summed E-state index contributed by atoms with van der Waals surface area (Å²) in [5.41, 5.74) is 0.722. The predicted molar refractivity (Wildman–Crippen MR) is 92.2 cm³/mol. The summed E-state index contributed by atoms with van der Waals surface area (Å²) in [6.45, 7) is 2.46. The third-order valence-electron chi connectivity index (χ3n) is 3.62. The molecular formula is C18H17FN4O2. The van der Waals surface area contributed by atoms with Crippen LogP contribution in [0.5, 0.6) is 0 Å². The van der Waals surface area contributed by atoms with Gasteiger partial charge in [0.15, 0.2) is 5.69 Å². The molecule has 2 amide bonds. The molecule has 6 nitrogen and oxygen atoms in total. The highest BCUT2D eigenvalue weighted by Gasteiger charge is 2.21. The molecule has 3 aromatic rings. The van der Waals surface area contributed by atoms with Crippen molar-refractivity contribution < 1.29 is 14.0 Å². The van der Waals surface area contributed by atoms with Gasteiger partial charge in [-0.15, -0.1) is 0 Å². The Morgan fingerprint density at radius 3 is 2.64 bits per heavy atom. The Bertz CT molecular complexity index is 936. The lowest BCUT2D eigenvalue weighted by Gasteiger charge is -2.05. The number of carbonyl (C=O) groups excluding carboxylic acids is 2. The van der Waals surface area contributed by atoms with E-state index in [1.165, 1.54) is 22.6 Å². The standard InChI is InChI=1S/C18H17FN4O2/c1-2-10-20-17(24)15-14-9-5-6-11-23(14)16(22-15)18(25)21-13-8-4-3-7-12(13)19/h3-9,11H,2,10H2,1H3,(H,20,24)(H,21,25). The summed E-state index contributed by atoms with van der Waals surface area (Å²) >= 11 is 0. The van der Waals surface area contributed by atoms with Gasteiger partial charge in [-0.25, -0.2) is 9.37 Å². The molecule has 7 heteroatoms. The van der Waals surface area contributed by atoms with Crippen LogP contribution >= 0.6 is 0 Å². The SMILES string of the molecule is CCCNC(=O)c1nc(C(=O)Nc2ccccc2F)n2ccccc12. The van der Waals surface area contributed by atoms with Gasteiger partial charge in [-0.05, 0) is 30.7 Å². The van der Waals surface area contributed by atoms with Crippen LogP contribution < -0.4 is 10.6 Å². The van der Waals surface area contributed by atoms with Gasteiger partial charge < -0.3 is 10.6 Å². The van der Waals surface area contributed by atoms with Gasteiger partial charge >= 0.3 is 0 Å². The zero-order valence-corrected chi connectivity index (χ0v) is 13.6. The Morgan fingerprint density at radius 1 is 1.12 bits per heavy atom. The lowest BCUT2D eigenvalue weighted by Crippen LogP contribution is -2.24. The fourth-order valence-electron chi connectivity index (χ4n) is 2.43. The summed E-state index contributed by atoms with van der Waals surface area (Å²) in [6, 6.07) is 11.0. The van der Waals surface area contributed by atoms with Gasteiger partial charge in [0.05, 0.1) is 11.2 Å². The van der Waals surface area contributed by atoms with Crippen LogP contribution in [0.4, 0.5) is 10.1 Å². The summed E-state index contributed by atoms with van der Waals surface area (Å²) in [6.07, 6.45) is 2.42. The molecule has 25 heavy (non-hydrogen) atoms. The van der Waals surface area contributed by atoms with Crippen molar-refractivity contribution in [2.45, 2.75) is 13.3 Å². The number of carbonyl (C=O) groups is 2. The minimum Gasteiger partial charge on any atom is -0.351 e. The van der Waals surface area contributed by atoms with Crippen molar-refractivity contribution in [3.05, 3.63) is 66.0 Å². The number of pyridine rings is 1. The van der Waals surface area contributed by atoms with Gasteiger partial charge in [-0.2, -0.15) is 0 Å². The monoisotopic (exact) mass is 340 g/mol. The molecule has 0 fully saturated rings. The number of rotatable bonds is 5. The van der Waals surface area contributed by atoms with E-state index < -0.39 is 11.7 Å². The summed E-state index contributed by atoms with van der Waals surface area (Å²) in [7, 11) is 0. The highest BCUT2D eigenvalue weighted by molar-refractivity contribution is 6.06. The Labute approximate surface area is 143 Å². The number of fused-ring (bicyclic) bond motifs is 1. The number of aromatic nitrogens is 2. The van der Waals surface area contributed by atoms with Gasteiger partial charge in [-0.3, -0.25) is 14.0 Å². The Hall–Kier alpha value is -3.22. The van der Waals surface area contributed by atoms with Gasteiger partial charge in [0.2, 0.25) is 5.82 Å². The van der Waals surface area contributed by atoms with Crippen LogP contribution in [0, 0.1) is 5.82 Å². The van der Waals surface area contributed by atoms with Crippen molar-refractivity contribution in [2.24, 2.45) is 0 Å². The quantitative estimate of drug-likeness (QED) is 0.750. The second kappa shape index (κ2) is 7.12. The molecular weight excluding hydrogens is 323 g/mol. The van der Waals surface area contributed by atoms with E-state index in [-0.39, 0.29) is 23.1 Å². The molecule has 0 aliphatic heterocycles. The number of hydrogen-bond donors (Lipinski definition) is 2. The highest BCUT2D eigenvalue weighted by atomic mass is 19.1. The first-order chi connectivity index (χ1) is 12.1. The van der Waals surface area contributed by atoms with E-state index in [4.69, 9.17) is 0 Å². The maximum atomic E-state index is 13.7. The highest BCUT2D eigenvalue weighted by Crippen LogP contribution is 2.17. The normalized spacial score (nSPS) is 10.6. The number of para-hydroxylation sites is 1. The molecule has 0 radical (unpaired) electrons. The van der Waals surface area contributed by atoms with Crippen LogP contribution in [0.15, 0.2) is 48.7 Å². The summed E-state index contributed by atoms with van der Waals surface area (Å²) in [5, 5.41) is 5.23. The summed E-state index contributed by atoms with van der Waals surface area (Å²) in [4.78, 5) is 29.0. The molecule has 2 heterocycles. The van der Waals surface area contributed by atoms with Crippen molar-refractivity contribution in [2.75, 3.05) is 11.9 Å². The Kier molecular flexibility index (Phi) is 4.74. The molecule has 0 aliphatic carbocycles. The van der Waals surface area contributed by atoms with E-state index in [1.54, 1.807) is 30.5 Å². The molecule has 0 spiro atoms. The average Bonchev–Trinajstić information content (AvgIpc) is 3.01. The Morgan fingerprint density at radius 2 is 1.88 bits per heavy atom. The van der Waals surface area contributed by atoms with Crippen LogP contribution in [0.3, 0.4) is 0 Å². The molecule has 0 aliphatic rings. The minimum atomic E-state index is -0.596. The number of nitrogens with one attached hydrogen (secondary N) is 2. The molecule has 128 valence electrons. The molecule has 0 atom stereocenters. The number of nitrogens with zero attached hydrogens (tertiary/aromatic N) is 2. The van der Waals surface area contributed by atoms with Crippen molar-refractivity contribution in [1.29, 1.82) is 0 Å². The fourth-order valence-corrected chi connectivity index (χ4v) is 2.43. The van der Waals surface area contributed by atoms with Crippen molar-refractivity contribution in [3.8, 4) is 0 Å². The van der Waals surface area contributed by atoms with Crippen molar-refractivity contribution in [3.63, 3.8) is 0 Å². The molecule has 0 unspecified atom stereocenters. The third kappa shape index (κ3) is 3.35. The van der Waals surface area contributed by atoms with Gasteiger partial charge in [0.1, 0.15) is 5.82 Å². The molecule has 0 saturated heterocycles. The predicted octanol–water partition coefficient (Wildman–Crippen LogP) is 2.87. The van der Waals surface area contributed by atoms with Crippen molar-refractivity contribution in [1.82, 2.24) is 14.7 Å². The van der Waals surface area contributed by atoms with Gasteiger partial charge in [0.25, 0.3) is 11.8 Å². The fraction of sp³-hybridized carbons (Fsp3) is 0.167. The molecule has 0 saturated carbocycles. The van der Waals surface area contributed by atoms with Crippen LogP contribution in [0.25, 0.3) is 5.52 Å². The smallest absolute Gasteiger partial charge is 0.292 e. The minimum absolute atomic E-state index is 0.0144. The molecule has 0 bridgehead atoms. The van der Waals surface area contributed by atoms with Crippen molar-refractivity contribution >= 4 is 23.0 Å². The zero-order chi connectivity index (χ0) is 17.8. The second-order valence-electron chi connectivity index (χ2n) is 5.43. The summed E-state index contributed by atoms with van der Waals surface area (Å²) in [5.74, 6) is -1.48. The first kappa shape index (κ1) is 16.6. The number of imidazole rings is 1. The zero-order valence-electron chi connectivity index (χ0n) is 13.6. The average molecular weight is 340 g/mol. The number of benzene rings is 1. The lowest BCUT2D eigenvalue weighted by molar-refractivity contribution is 0.0951. The van der Waals surface area contributed by atoms with Gasteiger partial charge in [-0.1, -0.05) is 25.1 Å². The number of halogens is 1. The first-order valence-corrected chi connectivity index (χ1v) is 7.93. The van der Waals surface area contributed by atoms with Crippen LogP contribution in [-0.4, -0.2) is 27.7 Å². The van der Waals surface area contributed by atoms with E-state index in [2.05, 4.69) is 15.6 Å². The maximum absolute atomic E-state index is 13.7.